The minimum Gasteiger partial charge on any atom is -0.492 e. The number of halogens is 2. The summed E-state index contributed by atoms with van der Waals surface area (Å²) in [5, 5.41) is 4.79. The van der Waals surface area contributed by atoms with E-state index < -0.39 is 0 Å². The molecule has 1 N–H and O–H groups in total. The predicted molar refractivity (Wildman–Crippen MR) is 80.1 cm³/mol. The summed E-state index contributed by atoms with van der Waals surface area (Å²) in [4.78, 5) is 0. The Kier molecular flexibility index (Phi) is 5.52. The summed E-state index contributed by atoms with van der Waals surface area (Å²) in [6, 6.07) is 15.1. The lowest BCUT2D eigenvalue weighted by Crippen LogP contribution is -2.20. The van der Waals surface area contributed by atoms with Crippen LogP contribution in [0.2, 0.25) is 10.0 Å². The van der Waals surface area contributed by atoms with Crippen molar-refractivity contribution in [2.24, 2.45) is 0 Å². The van der Waals surface area contributed by atoms with Crippen LogP contribution in [0.4, 0.5) is 0 Å². The lowest BCUT2D eigenvalue weighted by Gasteiger charge is -2.08. The highest BCUT2D eigenvalue weighted by Crippen LogP contribution is 2.15. The molecule has 100 valence electrons. The van der Waals surface area contributed by atoms with Gasteiger partial charge in [0.25, 0.3) is 0 Å². The Labute approximate surface area is 123 Å². The van der Waals surface area contributed by atoms with E-state index in [1.807, 2.05) is 48.5 Å². The van der Waals surface area contributed by atoms with E-state index in [4.69, 9.17) is 27.9 Å². The first-order chi connectivity index (χ1) is 9.25. The molecular weight excluding hydrogens is 281 g/mol. The molecule has 4 heteroatoms. The molecule has 0 aliphatic rings. The average molecular weight is 296 g/mol. The Balaban J connectivity index is 1.67. The number of ether oxygens (including phenoxy) is 1. The Hall–Kier alpha value is -1.22. The molecule has 2 aromatic rings. The van der Waals surface area contributed by atoms with Gasteiger partial charge in [-0.1, -0.05) is 41.4 Å². The highest BCUT2D eigenvalue weighted by Gasteiger charge is 1.98. The fraction of sp³-hybridized carbons (Fsp3) is 0.200. The lowest BCUT2D eigenvalue weighted by molar-refractivity contribution is 0.313. The minimum absolute atomic E-state index is 0.603. The van der Waals surface area contributed by atoms with Gasteiger partial charge in [-0.2, -0.15) is 0 Å². The van der Waals surface area contributed by atoms with Gasteiger partial charge in [-0.05, 0) is 35.9 Å². The van der Waals surface area contributed by atoms with Crippen LogP contribution in [0.25, 0.3) is 0 Å². The highest BCUT2D eigenvalue weighted by atomic mass is 35.5. The van der Waals surface area contributed by atoms with Crippen LogP contribution < -0.4 is 10.1 Å². The molecule has 0 saturated carbocycles. The molecule has 2 rings (SSSR count). The molecule has 0 amide bonds. The molecule has 0 heterocycles. The van der Waals surface area contributed by atoms with E-state index in [9.17, 15) is 0 Å². The number of nitrogens with one attached hydrogen (secondary N) is 1. The van der Waals surface area contributed by atoms with Crippen LogP contribution in [0.5, 0.6) is 5.75 Å². The Morgan fingerprint density at radius 3 is 2.42 bits per heavy atom. The van der Waals surface area contributed by atoms with Crippen molar-refractivity contribution in [2.45, 2.75) is 6.54 Å². The second-order valence-electron chi connectivity index (χ2n) is 4.07. The lowest BCUT2D eigenvalue weighted by atomic mass is 10.2. The van der Waals surface area contributed by atoms with Crippen LogP contribution in [-0.2, 0) is 6.54 Å². The molecule has 0 atom stereocenters. The molecule has 0 aliphatic carbocycles. The number of benzene rings is 2. The van der Waals surface area contributed by atoms with Crippen LogP contribution in [0.3, 0.4) is 0 Å². The topological polar surface area (TPSA) is 21.3 Å². The van der Waals surface area contributed by atoms with Gasteiger partial charge in [0, 0.05) is 23.1 Å². The summed E-state index contributed by atoms with van der Waals surface area (Å²) in [5.74, 6) is 0.823. The molecule has 0 saturated heterocycles. The van der Waals surface area contributed by atoms with Gasteiger partial charge in [0.05, 0.1) is 0 Å². The Morgan fingerprint density at radius 2 is 1.68 bits per heavy atom. The fourth-order valence-electron chi connectivity index (χ4n) is 1.64. The average Bonchev–Trinajstić information content (AvgIpc) is 2.42. The van der Waals surface area contributed by atoms with Crippen LogP contribution in [0.1, 0.15) is 5.56 Å². The molecule has 0 radical (unpaired) electrons. The second-order valence-corrected chi connectivity index (χ2v) is 4.91. The van der Waals surface area contributed by atoms with Crippen LogP contribution in [-0.4, -0.2) is 13.2 Å². The molecule has 0 aliphatic heterocycles. The van der Waals surface area contributed by atoms with Gasteiger partial charge in [-0.3, -0.25) is 0 Å². The van der Waals surface area contributed by atoms with Gasteiger partial charge in [-0.15, -0.1) is 0 Å². The largest absolute Gasteiger partial charge is 0.492 e. The maximum absolute atomic E-state index is 6.06. The third-order valence-corrected chi connectivity index (χ3v) is 3.26. The number of hydrogen-bond donors (Lipinski definition) is 1. The monoisotopic (exact) mass is 295 g/mol. The van der Waals surface area contributed by atoms with Gasteiger partial charge in [-0.25, -0.2) is 0 Å². The predicted octanol–water partition coefficient (Wildman–Crippen LogP) is 4.16. The minimum atomic E-state index is 0.603. The van der Waals surface area contributed by atoms with E-state index in [-0.39, 0.29) is 0 Å². The molecule has 19 heavy (non-hydrogen) atoms. The van der Waals surface area contributed by atoms with Gasteiger partial charge in [0.2, 0.25) is 0 Å². The molecule has 2 aromatic carbocycles. The van der Waals surface area contributed by atoms with Crippen LogP contribution in [0, 0.1) is 0 Å². The third-order valence-electron chi connectivity index (χ3n) is 2.63. The molecule has 0 spiro atoms. The maximum Gasteiger partial charge on any atom is 0.119 e. The van der Waals surface area contributed by atoms with Gasteiger partial charge in [0.1, 0.15) is 12.4 Å². The van der Waals surface area contributed by atoms with Crippen molar-refractivity contribution in [2.75, 3.05) is 13.2 Å². The molecule has 0 unspecified atom stereocenters. The van der Waals surface area contributed by atoms with Crippen LogP contribution >= 0.6 is 23.2 Å². The summed E-state index contributed by atoms with van der Waals surface area (Å²) < 4.78 is 5.58. The van der Waals surface area contributed by atoms with Crippen molar-refractivity contribution >= 4 is 23.2 Å². The van der Waals surface area contributed by atoms with Crippen molar-refractivity contribution in [3.05, 3.63) is 64.1 Å². The molecule has 2 nitrogen and oxygen atoms in total. The van der Waals surface area contributed by atoms with Crippen LogP contribution in [0.15, 0.2) is 48.5 Å². The molecule has 0 fully saturated rings. The van der Waals surface area contributed by atoms with Gasteiger partial charge < -0.3 is 10.1 Å². The summed E-state index contributed by atoms with van der Waals surface area (Å²) >= 11 is 11.9. The summed E-state index contributed by atoms with van der Waals surface area (Å²) in [6.45, 7) is 2.10. The fourth-order valence-corrected chi connectivity index (χ4v) is 1.97. The second kappa shape index (κ2) is 7.39. The first-order valence-electron chi connectivity index (χ1n) is 6.08. The van der Waals surface area contributed by atoms with E-state index in [2.05, 4.69) is 5.32 Å². The third kappa shape index (κ3) is 4.75. The summed E-state index contributed by atoms with van der Waals surface area (Å²) in [6.07, 6.45) is 0. The van der Waals surface area contributed by atoms with Gasteiger partial charge in [0.15, 0.2) is 0 Å². The Bertz CT molecular complexity index is 514. The van der Waals surface area contributed by atoms with Crippen molar-refractivity contribution < 1.29 is 4.74 Å². The zero-order chi connectivity index (χ0) is 13.5. The highest BCUT2D eigenvalue weighted by molar-refractivity contribution is 6.31. The summed E-state index contributed by atoms with van der Waals surface area (Å²) in [7, 11) is 0. The SMILES string of the molecule is Clc1ccc(OCCNCc2ccccc2Cl)cc1. The normalized spacial score (nSPS) is 10.4. The van der Waals surface area contributed by atoms with E-state index in [1.165, 1.54) is 0 Å². The zero-order valence-electron chi connectivity index (χ0n) is 10.4. The quantitative estimate of drug-likeness (QED) is 0.808. The maximum atomic E-state index is 6.06. The Morgan fingerprint density at radius 1 is 0.947 bits per heavy atom. The van der Waals surface area contributed by atoms with Crippen molar-refractivity contribution in [3.63, 3.8) is 0 Å². The first-order valence-corrected chi connectivity index (χ1v) is 6.84. The van der Waals surface area contributed by atoms with Gasteiger partial charge >= 0.3 is 0 Å². The zero-order valence-corrected chi connectivity index (χ0v) is 11.9. The van der Waals surface area contributed by atoms with Crippen molar-refractivity contribution in [1.29, 1.82) is 0 Å². The number of hydrogen-bond acceptors (Lipinski definition) is 2. The standard InChI is InChI=1S/C15H15Cl2NO/c16-13-5-7-14(8-6-13)19-10-9-18-11-12-3-1-2-4-15(12)17/h1-8,18H,9-11H2. The van der Waals surface area contributed by atoms with Crippen molar-refractivity contribution in [1.82, 2.24) is 5.32 Å². The number of rotatable bonds is 6. The van der Waals surface area contributed by atoms with E-state index in [0.29, 0.717) is 11.6 Å². The molecule has 0 aromatic heterocycles. The van der Waals surface area contributed by atoms with E-state index in [0.717, 1.165) is 29.4 Å². The molecular formula is C15H15Cl2NO. The summed E-state index contributed by atoms with van der Waals surface area (Å²) in [5.41, 5.74) is 1.09. The molecule has 0 bridgehead atoms. The van der Waals surface area contributed by atoms with Crippen molar-refractivity contribution in [3.8, 4) is 5.75 Å². The first kappa shape index (κ1) is 14.2. The van der Waals surface area contributed by atoms with E-state index in [1.54, 1.807) is 0 Å². The smallest absolute Gasteiger partial charge is 0.119 e. The van der Waals surface area contributed by atoms with E-state index >= 15 is 0 Å².